The topological polar surface area (TPSA) is 35.9 Å². The third-order valence-electron chi connectivity index (χ3n) is 3.46. The molecular weight excluding hydrogens is 178 g/mol. The molecule has 0 spiro atoms. The predicted octanol–water partition coefficient (Wildman–Crippen LogP) is -0.254. The Morgan fingerprint density at radius 2 is 1.93 bits per heavy atom. The zero-order valence-corrected chi connectivity index (χ0v) is 8.44. The fourth-order valence-corrected chi connectivity index (χ4v) is 2.77. The summed E-state index contributed by atoms with van der Waals surface area (Å²) in [4.78, 5) is 20.3. The number of aliphatic imine (C=N–C) groups is 1. The summed E-state index contributed by atoms with van der Waals surface area (Å²) in [7, 11) is 2.14. The van der Waals surface area contributed by atoms with Crippen LogP contribution in [0.15, 0.2) is 4.99 Å². The number of likely N-dealkylation sites (N-methyl/N-ethyl adjacent to an activating group) is 1. The number of amides is 1. The Balaban J connectivity index is 1.80. The van der Waals surface area contributed by atoms with E-state index in [4.69, 9.17) is 0 Å². The Kier molecular flexibility index (Phi) is 1.68. The van der Waals surface area contributed by atoms with Gasteiger partial charge in [-0.15, -0.1) is 0 Å². The van der Waals surface area contributed by atoms with Gasteiger partial charge in [-0.1, -0.05) is 0 Å². The highest BCUT2D eigenvalue weighted by atomic mass is 16.2. The number of carbonyl (C=O) groups excluding carboxylic acids is 1. The molecule has 76 valence electrons. The lowest BCUT2D eigenvalue weighted by Crippen LogP contribution is -2.55. The fraction of sp³-hybridized carbons (Fsp3) is 0.800. The summed E-state index contributed by atoms with van der Waals surface area (Å²) in [6.45, 7) is 2.76. The first-order valence-corrected chi connectivity index (χ1v) is 5.30. The largest absolute Gasteiger partial charge is 0.329 e. The van der Waals surface area contributed by atoms with Crippen molar-refractivity contribution in [1.29, 1.82) is 0 Å². The van der Waals surface area contributed by atoms with Crippen molar-refractivity contribution in [3.63, 3.8) is 0 Å². The second-order valence-electron chi connectivity index (χ2n) is 4.58. The molecule has 0 aromatic rings. The minimum Gasteiger partial charge on any atom is -0.329 e. The van der Waals surface area contributed by atoms with Crippen LogP contribution in [-0.2, 0) is 4.79 Å². The summed E-state index contributed by atoms with van der Waals surface area (Å²) in [5.41, 5.74) is 0.798. The maximum absolute atomic E-state index is 11.9. The molecule has 0 aliphatic carbocycles. The minimum absolute atomic E-state index is 0.214. The molecule has 0 aromatic heterocycles. The van der Waals surface area contributed by atoms with Crippen molar-refractivity contribution in [2.45, 2.75) is 24.9 Å². The molecule has 4 nitrogen and oxygen atoms in total. The smallest absolute Gasteiger partial charge is 0.270 e. The van der Waals surface area contributed by atoms with Crippen LogP contribution in [0, 0.1) is 0 Å². The average molecular weight is 193 g/mol. The molecule has 2 fully saturated rings. The maximum Gasteiger partial charge on any atom is 0.270 e. The molecule has 3 aliphatic rings. The van der Waals surface area contributed by atoms with Crippen LogP contribution in [0.5, 0.6) is 0 Å². The number of rotatable bonds is 1. The first kappa shape index (κ1) is 8.41. The van der Waals surface area contributed by atoms with Crippen molar-refractivity contribution >= 4 is 11.6 Å². The molecule has 2 bridgehead atoms. The Labute approximate surface area is 83.6 Å². The van der Waals surface area contributed by atoms with Crippen molar-refractivity contribution in [2.75, 3.05) is 26.7 Å². The van der Waals surface area contributed by atoms with Crippen LogP contribution in [0.4, 0.5) is 0 Å². The van der Waals surface area contributed by atoms with Crippen LogP contribution in [0.3, 0.4) is 0 Å². The molecule has 3 heterocycles. The highest BCUT2D eigenvalue weighted by molar-refractivity contribution is 6.44. The Morgan fingerprint density at radius 3 is 2.43 bits per heavy atom. The van der Waals surface area contributed by atoms with Crippen LogP contribution in [-0.4, -0.2) is 60.2 Å². The van der Waals surface area contributed by atoms with E-state index in [1.807, 2.05) is 0 Å². The average Bonchev–Trinajstić information content (AvgIpc) is 2.92. The van der Waals surface area contributed by atoms with Gasteiger partial charge in [-0.3, -0.25) is 9.79 Å². The van der Waals surface area contributed by atoms with Gasteiger partial charge in [-0.25, -0.2) is 0 Å². The van der Waals surface area contributed by atoms with E-state index in [9.17, 15) is 4.79 Å². The summed E-state index contributed by atoms with van der Waals surface area (Å²) < 4.78 is 0. The summed E-state index contributed by atoms with van der Waals surface area (Å²) in [6.07, 6.45) is 2.35. The normalized spacial score (nSPS) is 35.8. The van der Waals surface area contributed by atoms with Gasteiger partial charge in [0.2, 0.25) is 0 Å². The van der Waals surface area contributed by atoms with Crippen LogP contribution in [0.2, 0.25) is 0 Å². The second kappa shape index (κ2) is 2.79. The van der Waals surface area contributed by atoms with E-state index in [1.165, 1.54) is 12.8 Å². The quantitative estimate of drug-likeness (QED) is 0.575. The Morgan fingerprint density at radius 1 is 1.36 bits per heavy atom. The fourth-order valence-electron chi connectivity index (χ4n) is 2.77. The van der Waals surface area contributed by atoms with Crippen molar-refractivity contribution in [3.05, 3.63) is 0 Å². The van der Waals surface area contributed by atoms with Gasteiger partial charge in [-0.05, 0) is 19.9 Å². The molecule has 3 aliphatic heterocycles. The predicted molar refractivity (Wildman–Crippen MR) is 53.5 cm³/mol. The van der Waals surface area contributed by atoms with E-state index < -0.39 is 0 Å². The minimum atomic E-state index is 0.214. The van der Waals surface area contributed by atoms with Gasteiger partial charge in [0.15, 0.2) is 0 Å². The zero-order chi connectivity index (χ0) is 9.71. The molecule has 4 heteroatoms. The SMILES string of the molecule is CN1CC2CCC(C1)N2C(=O)C1=NC1. The molecule has 2 saturated heterocycles. The molecule has 0 saturated carbocycles. The summed E-state index contributed by atoms with van der Waals surface area (Å²) in [5.74, 6) is 0.214. The molecule has 0 aromatic carbocycles. The van der Waals surface area contributed by atoms with E-state index in [2.05, 4.69) is 21.8 Å². The summed E-state index contributed by atoms with van der Waals surface area (Å²) >= 11 is 0. The number of hydrogen-bond donors (Lipinski definition) is 0. The first-order chi connectivity index (χ1) is 6.75. The second-order valence-corrected chi connectivity index (χ2v) is 4.58. The summed E-state index contributed by atoms with van der Waals surface area (Å²) in [6, 6.07) is 0.907. The number of fused-ring (bicyclic) bond motifs is 2. The lowest BCUT2D eigenvalue weighted by molar-refractivity contribution is -0.129. The molecule has 3 rings (SSSR count). The molecule has 0 radical (unpaired) electrons. The highest BCUT2D eigenvalue weighted by Crippen LogP contribution is 2.30. The van der Waals surface area contributed by atoms with E-state index in [-0.39, 0.29) is 5.91 Å². The monoisotopic (exact) mass is 193 g/mol. The molecule has 14 heavy (non-hydrogen) atoms. The maximum atomic E-state index is 11.9. The third-order valence-corrected chi connectivity index (χ3v) is 3.46. The van der Waals surface area contributed by atoms with Crippen molar-refractivity contribution in [1.82, 2.24) is 9.80 Å². The lowest BCUT2D eigenvalue weighted by atomic mass is 10.2. The van der Waals surface area contributed by atoms with Gasteiger partial charge in [0.25, 0.3) is 5.91 Å². The lowest BCUT2D eigenvalue weighted by Gasteiger charge is -2.38. The zero-order valence-electron chi connectivity index (χ0n) is 8.44. The number of carbonyl (C=O) groups is 1. The van der Waals surface area contributed by atoms with E-state index >= 15 is 0 Å². The summed E-state index contributed by atoms with van der Waals surface area (Å²) in [5, 5.41) is 0. The first-order valence-electron chi connectivity index (χ1n) is 5.30. The molecule has 2 unspecified atom stereocenters. The van der Waals surface area contributed by atoms with Crippen LogP contribution in [0.1, 0.15) is 12.8 Å². The number of hydrogen-bond acceptors (Lipinski definition) is 3. The Bertz CT molecular complexity index is 298. The van der Waals surface area contributed by atoms with E-state index in [0.717, 1.165) is 18.8 Å². The van der Waals surface area contributed by atoms with E-state index in [1.54, 1.807) is 0 Å². The molecule has 1 amide bonds. The van der Waals surface area contributed by atoms with Gasteiger partial charge in [-0.2, -0.15) is 0 Å². The molecular formula is C10H15N3O. The number of likely N-dealkylation sites (tertiary alicyclic amines) is 1. The van der Waals surface area contributed by atoms with E-state index in [0.29, 0.717) is 18.6 Å². The standard InChI is InChI=1S/C10H15N3O/c1-12-5-7-2-3-8(6-12)13(7)10(14)9-4-11-9/h7-8H,2-6H2,1H3. The van der Waals surface area contributed by atoms with Gasteiger partial charge >= 0.3 is 0 Å². The van der Waals surface area contributed by atoms with Gasteiger partial charge in [0, 0.05) is 25.2 Å². The van der Waals surface area contributed by atoms with Crippen molar-refractivity contribution in [2.24, 2.45) is 4.99 Å². The molecule has 0 N–H and O–H groups in total. The molecule has 2 atom stereocenters. The van der Waals surface area contributed by atoms with Gasteiger partial charge in [0.05, 0.1) is 6.54 Å². The van der Waals surface area contributed by atoms with Crippen LogP contribution >= 0.6 is 0 Å². The third kappa shape index (κ3) is 1.17. The van der Waals surface area contributed by atoms with Crippen molar-refractivity contribution < 1.29 is 4.79 Å². The Hall–Kier alpha value is -0.900. The van der Waals surface area contributed by atoms with Gasteiger partial charge in [0.1, 0.15) is 5.71 Å². The number of piperazine rings is 1. The highest BCUT2D eigenvalue weighted by Gasteiger charge is 2.43. The van der Waals surface area contributed by atoms with Crippen LogP contribution in [0.25, 0.3) is 0 Å². The number of nitrogens with zero attached hydrogens (tertiary/aromatic N) is 3. The van der Waals surface area contributed by atoms with Crippen molar-refractivity contribution in [3.8, 4) is 0 Å². The van der Waals surface area contributed by atoms with Crippen LogP contribution < -0.4 is 0 Å². The van der Waals surface area contributed by atoms with Gasteiger partial charge < -0.3 is 9.80 Å².